The molecule has 0 aliphatic carbocycles. The van der Waals surface area contributed by atoms with Crippen molar-refractivity contribution in [3.8, 4) is 56.4 Å². The van der Waals surface area contributed by atoms with E-state index >= 15 is 0 Å². The molecule has 0 saturated heterocycles. The SMILES string of the molecule is c1ccc(-c2nc(-c3ccccc3)nc(-c3ccc(-c4cccc5oc6c7ccccc7c(-c7ccc8oc9ccccc9c8c7)cc6c45)cc3)n2)cc1. The van der Waals surface area contributed by atoms with E-state index in [1.54, 1.807) is 0 Å². The fraction of sp³-hybridized carbons (Fsp3) is 0. The first-order valence-corrected chi connectivity index (χ1v) is 18.0. The average molecular weight is 692 g/mol. The van der Waals surface area contributed by atoms with Gasteiger partial charge in [0.05, 0.1) is 0 Å². The molecule has 11 rings (SSSR count). The van der Waals surface area contributed by atoms with Crippen LogP contribution in [0.25, 0.3) is 111 Å². The van der Waals surface area contributed by atoms with E-state index in [0.717, 1.165) is 93.6 Å². The van der Waals surface area contributed by atoms with Gasteiger partial charge in [0.25, 0.3) is 0 Å². The minimum atomic E-state index is 0.625. The van der Waals surface area contributed by atoms with Gasteiger partial charge in [-0.2, -0.15) is 0 Å². The predicted molar refractivity (Wildman–Crippen MR) is 219 cm³/mol. The zero-order chi connectivity index (χ0) is 35.6. The Morgan fingerprint density at radius 2 is 0.833 bits per heavy atom. The Hall–Kier alpha value is -7.37. The van der Waals surface area contributed by atoms with Crippen molar-refractivity contribution in [2.75, 3.05) is 0 Å². The molecule has 0 amide bonds. The lowest BCUT2D eigenvalue weighted by Crippen LogP contribution is -2.00. The highest BCUT2D eigenvalue weighted by Gasteiger charge is 2.19. The number of benzene rings is 8. The summed E-state index contributed by atoms with van der Waals surface area (Å²) in [6.07, 6.45) is 0. The van der Waals surface area contributed by atoms with Crippen LogP contribution in [0.4, 0.5) is 0 Å². The summed E-state index contributed by atoms with van der Waals surface area (Å²) in [7, 11) is 0. The number of furan rings is 2. The summed E-state index contributed by atoms with van der Waals surface area (Å²) in [5, 5.41) is 6.61. The first-order valence-electron chi connectivity index (χ1n) is 18.0. The van der Waals surface area contributed by atoms with Gasteiger partial charge >= 0.3 is 0 Å². The molecule has 54 heavy (non-hydrogen) atoms. The third-order valence-corrected chi connectivity index (χ3v) is 10.3. The van der Waals surface area contributed by atoms with Gasteiger partial charge in [0.1, 0.15) is 22.3 Å². The minimum absolute atomic E-state index is 0.625. The highest BCUT2D eigenvalue weighted by atomic mass is 16.3. The van der Waals surface area contributed by atoms with Crippen molar-refractivity contribution >= 4 is 54.6 Å². The largest absolute Gasteiger partial charge is 0.456 e. The van der Waals surface area contributed by atoms with E-state index in [2.05, 4.69) is 103 Å². The lowest BCUT2D eigenvalue weighted by Gasteiger charge is -2.10. The van der Waals surface area contributed by atoms with Gasteiger partial charge in [-0.1, -0.05) is 146 Å². The summed E-state index contributed by atoms with van der Waals surface area (Å²) < 4.78 is 12.9. The van der Waals surface area contributed by atoms with Crippen molar-refractivity contribution in [3.05, 3.63) is 176 Å². The van der Waals surface area contributed by atoms with Crippen molar-refractivity contribution in [2.24, 2.45) is 0 Å². The van der Waals surface area contributed by atoms with E-state index < -0.39 is 0 Å². The molecule has 11 aromatic rings. The number of nitrogens with zero attached hydrogens (tertiary/aromatic N) is 3. The molecule has 0 radical (unpaired) electrons. The molecule has 0 N–H and O–H groups in total. The lowest BCUT2D eigenvalue weighted by atomic mass is 9.92. The first-order chi connectivity index (χ1) is 26.7. The molecule has 0 atom stereocenters. The molecular weight excluding hydrogens is 663 g/mol. The Bertz CT molecular complexity index is 3140. The van der Waals surface area contributed by atoms with Gasteiger partial charge < -0.3 is 8.83 Å². The van der Waals surface area contributed by atoms with Crippen molar-refractivity contribution in [2.45, 2.75) is 0 Å². The van der Waals surface area contributed by atoms with Crippen LogP contribution < -0.4 is 0 Å². The fourth-order valence-corrected chi connectivity index (χ4v) is 7.76. The summed E-state index contributed by atoms with van der Waals surface area (Å²) in [5.74, 6) is 1.90. The second-order valence-electron chi connectivity index (χ2n) is 13.6. The van der Waals surface area contributed by atoms with Crippen LogP contribution in [0, 0.1) is 0 Å². The highest BCUT2D eigenvalue weighted by Crippen LogP contribution is 2.44. The number of aromatic nitrogens is 3. The molecule has 5 nitrogen and oxygen atoms in total. The number of hydrogen-bond acceptors (Lipinski definition) is 5. The zero-order valence-electron chi connectivity index (χ0n) is 28.9. The Labute approximate surface area is 309 Å². The maximum atomic E-state index is 6.70. The van der Waals surface area contributed by atoms with Crippen molar-refractivity contribution in [1.29, 1.82) is 0 Å². The van der Waals surface area contributed by atoms with Crippen LogP contribution >= 0.6 is 0 Å². The second-order valence-corrected chi connectivity index (χ2v) is 13.6. The van der Waals surface area contributed by atoms with Crippen molar-refractivity contribution < 1.29 is 8.83 Å². The van der Waals surface area contributed by atoms with Crippen LogP contribution in [0.15, 0.2) is 185 Å². The van der Waals surface area contributed by atoms with Crippen LogP contribution in [-0.4, -0.2) is 15.0 Å². The molecule has 0 saturated carbocycles. The second kappa shape index (κ2) is 12.1. The van der Waals surface area contributed by atoms with Gasteiger partial charge in [-0.3, -0.25) is 0 Å². The third kappa shape index (κ3) is 4.90. The molecule has 0 unspecified atom stereocenters. The van der Waals surface area contributed by atoms with Crippen LogP contribution in [-0.2, 0) is 0 Å². The summed E-state index contributed by atoms with van der Waals surface area (Å²) in [6.45, 7) is 0. The summed E-state index contributed by atoms with van der Waals surface area (Å²) >= 11 is 0. The van der Waals surface area contributed by atoms with E-state index in [1.807, 2.05) is 72.8 Å². The molecular formula is C49H29N3O2. The van der Waals surface area contributed by atoms with Gasteiger partial charge in [-0.05, 0) is 58.0 Å². The average Bonchev–Trinajstić information content (AvgIpc) is 3.82. The van der Waals surface area contributed by atoms with Crippen LogP contribution in [0.2, 0.25) is 0 Å². The maximum Gasteiger partial charge on any atom is 0.164 e. The molecule has 0 fully saturated rings. The monoisotopic (exact) mass is 691 g/mol. The maximum absolute atomic E-state index is 6.70. The van der Waals surface area contributed by atoms with Crippen LogP contribution in [0.5, 0.6) is 0 Å². The van der Waals surface area contributed by atoms with E-state index in [4.69, 9.17) is 23.8 Å². The van der Waals surface area contributed by atoms with E-state index in [9.17, 15) is 0 Å². The molecule has 0 aliphatic heterocycles. The Morgan fingerprint density at radius 1 is 0.296 bits per heavy atom. The van der Waals surface area contributed by atoms with Crippen LogP contribution in [0.1, 0.15) is 0 Å². The lowest BCUT2D eigenvalue weighted by molar-refractivity contribution is 0.669. The summed E-state index contributed by atoms with van der Waals surface area (Å²) in [6, 6.07) is 60.4. The smallest absolute Gasteiger partial charge is 0.164 e. The van der Waals surface area contributed by atoms with Gasteiger partial charge in [0, 0.05) is 43.6 Å². The van der Waals surface area contributed by atoms with E-state index in [1.165, 1.54) is 0 Å². The molecule has 0 spiro atoms. The zero-order valence-corrected chi connectivity index (χ0v) is 28.9. The molecule has 252 valence electrons. The molecule has 3 heterocycles. The van der Waals surface area contributed by atoms with Crippen LogP contribution in [0.3, 0.4) is 0 Å². The molecule has 0 aliphatic rings. The standard InChI is InChI=1S/C49H29N3O2/c1-3-12-31(13-4-1)47-50-48(32-14-5-2-6-15-32)52-49(51-47)33-24-22-30(23-25-33)35-19-11-21-44-45(35)41-29-39(36-16-7-8-18-38(36)46(41)54-44)34-26-27-43-40(28-34)37-17-9-10-20-42(37)53-43/h1-29H. The predicted octanol–water partition coefficient (Wildman–Crippen LogP) is 13.2. The van der Waals surface area contributed by atoms with E-state index in [-0.39, 0.29) is 0 Å². The fourth-order valence-electron chi connectivity index (χ4n) is 7.76. The summed E-state index contributed by atoms with van der Waals surface area (Å²) in [5.41, 5.74) is 10.8. The van der Waals surface area contributed by atoms with E-state index in [0.29, 0.717) is 17.5 Å². The molecule has 0 bridgehead atoms. The quantitative estimate of drug-likeness (QED) is 0.180. The number of para-hydroxylation sites is 1. The van der Waals surface area contributed by atoms with Crippen molar-refractivity contribution in [3.63, 3.8) is 0 Å². The molecule has 8 aromatic carbocycles. The van der Waals surface area contributed by atoms with Gasteiger partial charge in [0.2, 0.25) is 0 Å². The topological polar surface area (TPSA) is 65.0 Å². The van der Waals surface area contributed by atoms with Gasteiger partial charge in [0.15, 0.2) is 17.5 Å². The first kappa shape index (κ1) is 30.3. The number of hydrogen-bond donors (Lipinski definition) is 0. The van der Waals surface area contributed by atoms with Crippen molar-refractivity contribution in [1.82, 2.24) is 15.0 Å². The molecule has 3 aromatic heterocycles. The third-order valence-electron chi connectivity index (χ3n) is 10.3. The highest BCUT2D eigenvalue weighted by molar-refractivity contribution is 6.22. The molecule has 5 heteroatoms. The van der Waals surface area contributed by atoms with Gasteiger partial charge in [-0.25, -0.2) is 15.0 Å². The minimum Gasteiger partial charge on any atom is -0.456 e. The Kier molecular flexibility index (Phi) is 6.79. The Balaban J connectivity index is 1.06. The van der Waals surface area contributed by atoms with Gasteiger partial charge in [-0.15, -0.1) is 0 Å². The normalized spacial score (nSPS) is 11.7. The Morgan fingerprint density at radius 3 is 1.54 bits per heavy atom. The number of rotatable bonds is 5. The summed E-state index contributed by atoms with van der Waals surface area (Å²) in [4.78, 5) is 14.7. The number of fused-ring (bicyclic) bond motifs is 8.